The fourth-order valence-corrected chi connectivity index (χ4v) is 13.9. The molecule has 5 heterocycles. The summed E-state index contributed by atoms with van der Waals surface area (Å²) < 4.78 is 0. The van der Waals surface area contributed by atoms with Gasteiger partial charge in [-0.25, -0.2) is 4.99 Å². The van der Waals surface area contributed by atoms with Crippen molar-refractivity contribution in [2.24, 2.45) is 22.1 Å². The normalized spacial score (nSPS) is 42.4. The predicted octanol–water partition coefficient (Wildman–Crippen LogP) is 2.47. The second-order valence-corrected chi connectivity index (χ2v) is 21.2. The summed E-state index contributed by atoms with van der Waals surface area (Å²) in [6, 6.07) is 9.98. The second kappa shape index (κ2) is 17.1. The van der Waals surface area contributed by atoms with Crippen LogP contribution in [0.25, 0.3) is 0 Å². The number of carboxylic acids is 1. The number of benzene rings is 1. The van der Waals surface area contributed by atoms with Gasteiger partial charge in [0.25, 0.3) is 0 Å². The Morgan fingerprint density at radius 1 is 1.00 bits per heavy atom. The number of aliphatic hydroxyl groups excluding tert-OH is 1. The molecular formula is C47H76N6O5. The van der Waals surface area contributed by atoms with E-state index in [0.717, 1.165) is 116 Å². The summed E-state index contributed by atoms with van der Waals surface area (Å²) in [6.07, 6.45) is 19.9. The molecule has 324 valence electrons. The molecule has 0 aromatic heterocycles. The SMILES string of the molecule is CC1C(O)CC([NH+]2CC=NC2)C2CC(O)(C3CCCC4(CCCC4)CCC(O)(CC(=O)[O-])CNC4(C)CC(N)NC(C4)C4(CCCCC4)c4cccc(c4)C3)CCN12. The summed E-state index contributed by atoms with van der Waals surface area (Å²) in [5, 5.41) is 56.4. The standard InChI is InChI=1S/C47H76N6O5/c1-33-39(54)26-37(52-23-21-49-32-52)38-27-47(58,20-22-53(33)38)36-12-9-15-44(13-6-7-14-44)18-19-45(57,30-42(55)56)31-50-43(2)28-40(51-41(48)29-43)46(16-4-3-5-17-46)35-11-8-10-34(24-35)25-36/h8,10-11,21,24,33,36-41,50-51,54,57-58H,3-7,9,12-20,22-23,25-32,48H2,1-2H3,(H,55,56). The monoisotopic (exact) mass is 805 g/mol. The van der Waals surface area contributed by atoms with Crippen LogP contribution in [0.1, 0.15) is 153 Å². The van der Waals surface area contributed by atoms with Crippen LogP contribution in [0.5, 0.6) is 0 Å². The molecule has 11 heteroatoms. The highest BCUT2D eigenvalue weighted by Crippen LogP contribution is 2.50. The van der Waals surface area contributed by atoms with Crippen LogP contribution in [0, 0.1) is 11.3 Å². The molecule has 8 N–H and O–H groups in total. The van der Waals surface area contributed by atoms with Crippen molar-refractivity contribution < 1.29 is 30.1 Å². The largest absolute Gasteiger partial charge is 0.550 e. The maximum Gasteiger partial charge on any atom is 0.171 e. The number of nitrogens with one attached hydrogen (secondary N) is 3. The Kier molecular flexibility index (Phi) is 12.6. The quantitative estimate of drug-likeness (QED) is 0.242. The molecule has 1 aromatic rings. The molecule has 0 amide bonds. The van der Waals surface area contributed by atoms with Crippen LogP contribution in [-0.2, 0) is 16.6 Å². The Labute approximate surface area is 348 Å². The summed E-state index contributed by atoms with van der Waals surface area (Å²) in [4.78, 5) is 20.7. The first-order valence-electron chi connectivity index (χ1n) is 23.5. The molecule has 58 heavy (non-hydrogen) atoms. The van der Waals surface area contributed by atoms with Gasteiger partial charge in [-0.2, -0.15) is 0 Å². The van der Waals surface area contributed by atoms with Gasteiger partial charge in [-0.3, -0.25) is 10.2 Å². The van der Waals surface area contributed by atoms with Crippen molar-refractivity contribution in [3.05, 3.63) is 35.4 Å². The summed E-state index contributed by atoms with van der Waals surface area (Å²) in [5.74, 6) is -1.14. The first-order chi connectivity index (χ1) is 27.7. The highest BCUT2D eigenvalue weighted by molar-refractivity contribution is 5.65. The van der Waals surface area contributed by atoms with Gasteiger partial charge in [0, 0.05) is 54.9 Å². The molecule has 0 radical (unpaired) electrons. The molecule has 11 unspecified atom stereocenters. The predicted molar refractivity (Wildman–Crippen MR) is 225 cm³/mol. The zero-order valence-electron chi connectivity index (χ0n) is 35.7. The number of carboxylic acid groups (broad SMARTS) is 1. The number of hydrogen-bond donors (Lipinski definition) is 7. The minimum Gasteiger partial charge on any atom is -0.550 e. The van der Waals surface area contributed by atoms with Gasteiger partial charge >= 0.3 is 0 Å². The topological polar surface area (TPSA) is 171 Å². The lowest BCUT2D eigenvalue weighted by Crippen LogP contribution is -3.17. The first kappa shape index (κ1) is 42.7. The molecule has 2 aliphatic carbocycles. The Hall–Kier alpha value is -1.96. The molecule has 7 aliphatic rings. The number of hydrogen-bond acceptors (Lipinski definition) is 10. The van der Waals surface area contributed by atoms with Crippen molar-refractivity contribution in [1.82, 2.24) is 15.5 Å². The number of piperidine rings is 3. The van der Waals surface area contributed by atoms with E-state index in [1.807, 2.05) is 6.21 Å². The highest BCUT2D eigenvalue weighted by Gasteiger charge is 2.54. The number of fused-ring (bicyclic) bond motifs is 7. The maximum atomic E-state index is 13.2. The number of quaternary nitrogens is 1. The average molecular weight is 805 g/mol. The molecule has 5 fully saturated rings. The molecular weight excluding hydrogens is 729 g/mol. The van der Waals surface area contributed by atoms with E-state index in [4.69, 9.17) is 5.73 Å². The minimum atomic E-state index is -1.42. The fourth-order valence-electron chi connectivity index (χ4n) is 13.9. The highest BCUT2D eigenvalue weighted by atomic mass is 16.4. The van der Waals surface area contributed by atoms with Crippen molar-refractivity contribution in [1.29, 1.82) is 0 Å². The van der Waals surface area contributed by atoms with Gasteiger partial charge in [0.2, 0.25) is 0 Å². The van der Waals surface area contributed by atoms with Gasteiger partial charge < -0.3 is 41.2 Å². The van der Waals surface area contributed by atoms with Gasteiger partial charge in [0.1, 0.15) is 12.6 Å². The van der Waals surface area contributed by atoms with Gasteiger partial charge in [-0.15, -0.1) is 0 Å². The molecule has 1 aromatic carbocycles. The van der Waals surface area contributed by atoms with E-state index < -0.39 is 17.2 Å². The molecule has 5 aliphatic heterocycles. The zero-order chi connectivity index (χ0) is 40.8. The van der Waals surface area contributed by atoms with Crippen molar-refractivity contribution in [2.45, 2.75) is 207 Å². The van der Waals surface area contributed by atoms with Crippen LogP contribution in [0.2, 0.25) is 0 Å². The molecule has 4 bridgehead atoms. The lowest BCUT2D eigenvalue weighted by Gasteiger charge is -2.55. The third-order valence-corrected chi connectivity index (χ3v) is 17.4. The van der Waals surface area contributed by atoms with Gasteiger partial charge in [-0.1, -0.05) is 62.8 Å². The summed E-state index contributed by atoms with van der Waals surface area (Å²) in [5.41, 5.74) is 6.87. The first-order valence-corrected chi connectivity index (χ1v) is 23.5. The number of carbonyl (C=O) groups excluding carboxylic acids is 1. The van der Waals surface area contributed by atoms with Crippen LogP contribution >= 0.6 is 0 Å². The van der Waals surface area contributed by atoms with E-state index in [0.29, 0.717) is 25.7 Å². The zero-order valence-corrected chi connectivity index (χ0v) is 35.7. The number of rotatable bonds is 4. The number of nitrogens with two attached hydrogens (primary N) is 1. The minimum absolute atomic E-state index is 0.0560. The third-order valence-electron chi connectivity index (χ3n) is 17.4. The fraction of sp³-hybridized carbons (Fsp3) is 0.830. The number of aliphatic imine (C=N–C) groups is 1. The van der Waals surface area contributed by atoms with Gasteiger partial charge in [0.05, 0.1) is 35.7 Å². The van der Waals surface area contributed by atoms with Crippen LogP contribution in [-0.4, -0.2) is 112 Å². The van der Waals surface area contributed by atoms with E-state index in [2.05, 4.69) is 58.6 Å². The van der Waals surface area contributed by atoms with Gasteiger partial charge in [-0.05, 0) is 120 Å². The second-order valence-electron chi connectivity index (χ2n) is 21.2. The molecule has 8 rings (SSSR count). The van der Waals surface area contributed by atoms with Crippen molar-refractivity contribution in [2.75, 3.05) is 26.3 Å². The van der Waals surface area contributed by atoms with Gasteiger partial charge in [0.15, 0.2) is 6.67 Å². The summed E-state index contributed by atoms with van der Waals surface area (Å²) in [7, 11) is 0. The number of carbonyl (C=O) groups is 1. The van der Waals surface area contributed by atoms with Crippen LogP contribution in [0.3, 0.4) is 0 Å². The lowest BCUT2D eigenvalue weighted by molar-refractivity contribution is -0.915. The lowest BCUT2D eigenvalue weighted by atomic mass is 9.61. The molecule has 2 spiro atoms. The van der Waals surface area contributed by atoms with Crippen molar-refractivity contribution >= 4 is 12.2 Å². The van der Waals surface area contributed by atoms with E-state index in [9.17, 15) is 25.2 Å². The van der Waals surface area contributed by atoms with Crippen LogP contribution in [0.4, 0.5) is 0 Å². The third kappa shape index (κ3) is 8.85. The molecule has 3 saturated heterocycles. The molecule has 2 saturated carbocycles. The van der Waals surface area contributed by atoms with E-state index in [1.165, 1.54) is 22.4 Å². The van der Waals surface area contributed by atoms with Crippen molar-refractivity contribution in [3.8, 4) is 0 Å². The summed E-state index contributed by atoms with van der Waals surface area (Å²) in [6.45, 7) is 6.98. The molecule has 11 nitrogen and oxygen atoms in total. The van der Waals surface area contributed by atoms with E-state index in [-0.39, 0.29) is 71.7 Å². The number of β-amino-alcohol motifs (C(OH)–C–C–N with tert-alkyl or cyclic N) is 1. The number of aliphatic carboxylic acids is 1. The molecule has 11 atom stereocenters. The maximum absolute atomic E-state index is 13.2. The van der Waals surface area contributed by atoms with E-state index in [1.54, 1.807) is 0 Å². The summed E-state index contributed by atoms with van der Waals surface area (Å²) >= 11 is 0. The Balaban J connectivity index is 1.16. The Morgan fingerprint density at radius 2 is 1.76 bits per heavy atom. The van der Waals surface area contributed by atoms with Crippen LogP contribution in [0.15, 0.2) is 29.3 Å². The van der Waals surface area contributed by atoms with Crippen LogP contribution < -0.4 is 26.4 Å². The van der Waals surface area contributed by atoms with Crippen molar-refractivity contribution in [3.63, 3.8) is 0 Å². The average Bonchev–Trinajstić information content (AvgIpc) is 3.91. The Morgan fingerprint density at radius 3 is 2.50 bits per heavy atom. The van der Waals surface area contributed by atoms with E-state index >= 15 is 0 Å². The number of nitrogens with zero attached hydrogens (tertiary/aromatic N) is 2. The smallest absolute Gasteiger partial charge is 0.171 e. The number of aliphatic hydroxyl groups is 3. The Bertz CT molecular complexity index is 1610.